The minimum absolute atomic E-state index is 0.312. The molecule has 0 aromatic carbocycles. The van der Waals surface area contributed by atoms with E-state index < -0.39 is 12.1 Å². The summed E-state index contributed by atoms with van der Waals surface area (Å²) in [4.78, 5) is 10.4. The summed E-state index contributed by atoms with van der Waals surface area (Å²) < 4.78 is 0. The van der Waals surface area contributed by atoms with E-state index in [1.807, 2.05) is 0 Å². The molecule has 3 nitrogen and oxygen atoms in total. The van der Waals surface area contributed by atoms with Gasteiger partial charge in [-0.1, -0.05) is 24.7 Å². The van der Waals surface area contributed by atoms with Crippen molar-refractivity contribution in [3.8, 4) is 11.8 Å². The van der Waals surface area contributed by atoms with E-state index in [0.29, 0.717) is 6.42 Å². The summed E-state index contributed by atoms with van der Waals surface area (Å²) in [5, 5.41) is 17.5. The van der Waals surface area contributed by atoms with Gasteiger partial charge in [0, 0.05) is 12.8 Å². The Morgan fingerprint density at radius 2 is 2.00 bits per heavy atom. The van der Waals surface area contributed by atoms with E-state index in [9.17, 15) is 4.79 Å². The van der Waals surface area contributed by atoms with Crippen molar-refractivity contribution in [2.75, 3.05) is 0 Å². The molecule has 0 bridgehead atoms. The molecule has 1 rings (SSSR count). The van der Waals surface area contributed by atoms with Gasteiger partial charge in [-0.2, -0.15) is 0 Å². The zero-order chi connectivity index (χ0) is 14.8. The van der Waals surface area contributed by atoms with E-state index in [1.165, 1.54) is 19.3 Å². The van der Waals surface area contributed by atoms with Gasteiger partial charge in [0.1, 0.15) is 0 Å². The number of aliphatic hydroxyl groups is 1. The molecule has 0 radical (unpaired) electrons. The average molecular weight is 278 g/mol. The van der Waals surface area contributed by atoms with Crippen molar-refractivity contribution in [1.29, 1.82) is 0 Å². The minimum atomic E-state index is -0.680. The van der Waals surface area contributed by atoms with E-state index in [4.69, 9.17) is 10.2 Å². The van der Waals surface area contributed by atoms with Gasteiger partial charge in [-0.05, 0) is 56.6 Å². The van der Waals surface area contributed by atoms with E-state index >= 15 is 0 Å². The van der Waals surface area contributed by atoms with Crippen molar-refractivity contribution in [1.82, 2.24) is 0 Å². The zero-order valence-electron chi connectivity index (χ0n) is 12.3. The number of unbranched alkanes of at least 4 members (excludes halogenated alkanes) is 2. The highest BCUT2D eigenvalue weighted by Gasteiger charge is 2.35. The maximum atomic E-state index is 10.4. The number of hydrogen-bond donors (Lipinski definition) is 2. The van der Waals surface area contributed by atoms with Crippen LogP contribution in [0.4, 0.5) is 0 Å². The van der Waals surface area contributed by atoms with Gasteiger partial charge in [0.15, 0.2) is 0 Å². The van der Waals surface area contributed by atoms with E-state index in [2.05, 4.69) is 11.8 Å². The highest BCUT2D eigenvalue weighted by Crippen LogP contribution is 2.45. The lowest BCUT2D eigenvalue weighted by Crippen LogP contribution is -1.94. The third-order valence-electron chi connectivity index (χ3n) is 3.72. The van der Waals surface area contributed by atoms with Crippen LogP contribution in [0.1, 0.15) is 58.3 Å². The van der Waals surface area contributed by atoms with Crippen LogP contribution in [0, 0.1) is 23.7 Å². The predicted octanol–water partition coefficient (Wildman–Crippen LogP) is 3.38. The molecule has 1 saturated carbocycles. The molecule has 1 aliphatic rings. The number of aliphatic hydroxyl groups excluding tert-OH is 1. The molecule has 0 aromatic rings. The zero-order valence-corrected chi connectivity index (χ0v) is 12.3. The number of carboxylic acid groups (broad SMARTS) is 1. The second kappa shape index (κ2) is 9.61. The molecule has 3 atom stereocenters. The third kappa shape index (κ3) is 8.77. The maximum absolute atomic E-state index is 10.4. The van der Waals surface area contributed by atoms with Crippen molar-refractivity contribution in [2.45, 2.75) is 64.4 Å². The maximum Gasteiger partial charge on any atom is 0.303 e. The van der Waals surface area contributed by atoms with Crippen LogP contribution < -0.4 is 0 Å². The molecule has 0 amide bonds. The fraction of sp³-hybridized carbons (Fsp3) is 0.706. The topological polar surface area (TPSA) is 57.5 Å². The van der Waals surface area contributed by atoms with Crippen LogP contribution in [0.25, 0.3) is 0 Å². The molecule has 0 aliphatic heterocycles. The fourth-order valence-corrected chi connectivity index (χ4v) is 2.47. The molecule has 0 saturated heterocycles. The van der Waals surface area contributed by atoms with Crippen molar-refractivity contribution in [3.63, 3.8) is 0 Å². The lowest BCUT2D eigenvalue weighted by atomic mass is 10.1. The van der Waals surface area contributed by atoms with Crippen LogP contribution in [0.2, 0.25) is 0 Å². The number of carbonyl (C=O) groups is 1. The van der Waals surface area contributed by atoms with Gasteiger partial charge < -0.3 is 10.2 Å². The molecule has 0 heterocycles. The summed E-state index contributed by atoms with van der Waals surface area (Å²) in [7, 11) is 0. The second-order valence-electron chi connectivity index (χ2n) is 5.71. The lowest BCUT2D eigenvalue weighted by molar-refractivity contribution is -0.137. The van der Waals surface area contributed by atoms with Crippen molar-refractivity contribution >= 4 is 5.97 Å². The highest BCUT2D eigenvalue weighted by molar-refractivity contribution is 5.66. The standard InChI is InChI=1S/C17H26O3/c1-14(18)9-5-3-2-4-6-10-15-13-16(15)11-7-8-12-17(19)20/h5,9,14-16,18H,4,6-8,10-13H2,1H3,(H,19,20)/b9-5+/t14?,15-,16+/m0/s1. The van der Waals surface area contributed by atoms with Crippen LogP contribution >= 0.6 is 0 Å². The summed E-state index contributed by atoms with van der Waals surface area (Å²) in [6.45, 7) is 1.71. The smallest absolute Gasteiger partial charge is 0.303 e. The Hall–Kier alpha value is -1.27. The van der Waals surface area contributed by atoms with Gasteiger partial charge in [0.25, 0.3) is 0 Å². The average Bonchev–Trinajstić information content (AvgIpc) is 3.11. The summed E-state index contributed by atoms with van der Waals surface area (Å²) >= 11 is 0. The Morgan fingerprint density at radius 1 is 1.30 bits per heavy atom. The summed E-state index contributed by atoms with van der Waals surface area (Å²) in [5.41, 5.74) is 0. The van der Waals surface area contributed by atoms with Gasteiger partial charge >= 0.3 is 5.97 Å². The first-order chi connectivity index (χ1) is 9.59. The SMILES string of the molecule is CC(O)/C=C/C#CCCC[C@H]1C[C@H]1CCCCC(=O)O. The van der Waals surface area contributed by atoms with Crippen LogP contribution in [0.15, 0.2) is 12.2 Å². The molecule has 0 aromatic heterocycles. The molecule has 1 fully saturated rings. The lowest BCUT2D eigenvalue weighted by Gasteiger charge is -1.99. The Labute approximate surface area is 122 Å². The molecule has 112 valence electrons. The van der Waals surface area contributed by atoms with Crippen LogP contribution in [0.5, 0.6) is 0 Å². The number of aliphatic carboxylic acids is 1. The van der Waals surface area contributed by atoms with E-state index in [0.717, 1.165) is 37.5 Å². The third-order valence-corrected chi connectivity index (χ3v) is 3.72. The first kappa shape index (κ1) is 16.8. The molecule has 0 spiro atoms. The molecular formula is C17H26O3. The molecule has 1 aliphatic carbocycles. The second-order valence-corrected chi connectivity index (χ2v) is 5.71. The van der Waals surface area contributed by atoms with Crippen molar-refractivity contribution < 1.29 is 15.0 Å². The number of rotatable bonds is 9. The first-order valence-electron chi connectivity index (χ1n) is 7.64. The number of hydrogen-bond acceptors (Lipinski definition) is 2. The van der Waals surface area contributed by atoms with Crippen LogP contribution in [-0.4, -0.2) is 22.3 Å². The predicted molar refractivity (Wildman–Crippen MR) is 80.1 cm³/mol. The molecule has 1 unspecified atom stereocenters. The van der Waals surface area contributed by atoms with E-state index in [-0.39, 0.29) is 0 Å². The van der Waals surface area contributed by atoms with Gasteiger partial charge in [0.2, 0.25) is 0 Å². The Kier molecular flexibility index (Phi) is 8.06. The largest absolute Gasteiger partial charge is 0.481 e. The Bertz CT molecular complexity index is 373. The quantitative estimate of drug-likeness (QED) is 0.502. The first-order valence-corrected chi connectivity index (χ1v) is 7.64. The Balaban J connectivity index is 1.94. The number of carboxylic acids is 1. The van der Waals surface area contributed by atoms with Crippen LogP contribution in [0.3, 0.4) is 0 Å². The van der Waals surface area contributed by atoms with Crippen molar-refractivity contribution in [3.05, 3.63) is 12.2 Å². The summed E-state index contributed by atoms with van der Waals surface area (Å²) in [5.74, 6) is 7.03. The van der Waals surface area contributed by atoms with Gasteiger partial charge in [0.05, 0.1) is 6.10 Å². The summed E-state index contributed by atoms with van der Waals surface area (Å²) in [6.07, 6.45) is 11.0. The normalized spacial score (nSPS) is 22.3. The molecule has 2 N–H and O–H groups in total. The van der Waals surface area contributed by atoms with Gasteiger partial charge in [-0.15, -0.1) is 0 Å². The Morgan fingerprint density at radius 3 is 2.65 bits per heavy atom. The van der Waals surface area contributed by atoms with Crippen molar-refractivity contribution in [2.24, 2.45) is 11.8 Å². The summed E-state index contributed by atoms with van der Waals surface area (Å²) in [6, 6.07) is 0. The molecule has 20 heavy (non-hydrogen) atoms. The molecule has 3 heteroatoms. The van der Waals surface area contributed by atoms with Gasteiger partial charge in [-0.3, -0.25) is 4.79 Å². The highest BCUT2D eigenvalue weighted by atomic mass is 16.4. The molecular weight excluding hydrogens is 252 g/mol. The van der Waals surface area contributed by atoms with Gasteiger partial charge in [-0.25, -0.2) is 0 Å². The van der Waals surface area contributed by atoms with Crippen LogP contribution in [-0.2, 0) is 4.79 Å². The number of allylic oxidation sites excluding steroid dienone is 1. The minimum Gasteiger partial charge on any atom is -0.481 e. The fourth-order valence-electron chi connectivity index (χ4n) is 2.47. The monoisotopic (exact) mass is 278 g/mol. The van der Waals surface area contributed by atoms with E-state index in [1.54, 1.807) is 19.1 Å².